The molecular formula is C13H12BrClN2O2S. The standard InChI is InChI=1S/C13H12BrClN2O2S/c1-20(18,19)12-4-2-3-11(13(12)16)17-8-5-6-10(15)9(14)7-8/h2-7,17H,16H2,1H3. The number of para-hydroxylation sites is 1. The van der Waals surface area contributed by atoms with Crippen LogP contribution in [0.2, 0.25) is 5.02 Å². The zero-order chi connectivity index (χ0) is 14.9. The highest BCUT2D eigenvalue weighted by Crippen LogP contribution is 2.31. The Kier molecular flexibility index (Phi) is 4.27. The molecule has 0 aromatic heterocycles. The van der Waals surface area contributed by atoms with Crippen molar-refractivity contribution in [3.63, 3.8) is 0 Å². The number of anilines is 3. The number of benzene rings is 2. The third kappa shape index (κ3) is 3.26. The van der Waals surface area contributed by atoms with Crippen LogP contribution in [0.25, 0.3) is 0 Å². The highest BCUT2D eigenvalue weighted by Gasteiger charge is 2.14. The highest BCUT2D eigenvalue weighted by molar-refractivity contribution is 9.10. The van der Waals surface area contributed by atoms with E-state index in [1.807, 2.05) is 0 Å². The van der Waals surface area contributed by atoms with Crippen LogP contribution in [-0.4, -0.2) is 14.7 Å². The molecule has 2 aromatic rings. The summed E-state index contributed by atoms with van der Waals surface area (Å²) in [7, 11) is -3.36. The van der Waals surface area contributed by atoms with E-state index in [0.29, 0.717) is 10.7 Å². The molecule has 7 heteroatoms. The van der Waals surface area contributed by atoms with Gasteiger partial charge < -0.3 is 11.1 Å². The van der Waals surface area contributed by atoms with Crippen LogP contribution in [-0.2, 0) is 9.84 Å². The minimum absolute atomic E-state index is 0.107. The Bertz CT molecular complexity index is 763. The molecule has 0 heterocycles. The first kappa shape index (κ1) is 15.2. The zero-order valence-corrected chi connectivity index (χ0v) is 13.7. The van der Waals surface area contributed by atoms with E-state index in [2.05, 4.69) is 21.2 Å². The third-order valence-corrected chi connectivity index (χ3v) is 5.03. The van der Waals surface area contributed by atoms with Gasteiger partial charge in [-0.3, -0.25) is 0 Å². The van der Waals surface area contributed by atoms with Crippen LogP contribution in [0.5, 0.6) is 0 Å². The van der Waals surface area contributed by atoms with E-state index in [4.69, 9.17) is 17.3 Å². The summed E-state index contributed by atoms with van der Waals surface area (Å²) in [4.78, 5) is 0.107. The molecule has 2 aromatic carbocycles. The summed E-state index contributed by atoms with van der Waals surface area (Å²) in [6, 6.07) is 10.1. The maximum atomic E-state index is 11.6. The SMILES string of the molecule is CS(=O)(=O)c1cccc(Nc2ccc(Cl)c(Br)c2)c1N. The second-order valence-corrected chi connectivity index (χ2v) is 7.49. The summed E-state index contributed by atoms with van der Waals surface area (Å²) in [5.74, 6) is 0. The lowest BCUT2D eigenvalue weighted by atomic mass is 10.2. The summed E-state index contributed by atoms with van der Waals surface area (Å²) in [5, 5.41) is 3.67. The van der Waals surface area contributed by atoms with Gasteiger partial charge in [0.05, 0.1) is 21.3 Å². The van der Waals surface area contributed by atoms with Gasteiger partial charge in [-0.15, -0.1) is 0 Å². The first-order valence-electron chi connectivity index (χ1n) is 5.59. The van der Waals surface area contributed by atoms with Crippen LogP contribution < -0.4 is 11.1 Å². The Morgan fingerprint density at radius 1 is 1.25 bits per heavy atom. The average Bonchev–Trinajstić information content (AvgIpc) is 2.35. The van der Waals surface area contributed by atoms with Crippen molar-refractivity contribution >= 4 is 54.4 Å². The second-order valence-electron chi connectivity index (χ2n) is 4.24. The van der Waals surface area contributed by atoms with E-state index >= 15 is 0 Å². The Balaban J connectivity index is 2.42. The molecule has 0 aliphatic carbocycles. The first-order chi connectivity index (χ1) is 9.29. The fraction of sp³-hybridized carbons (Fsp3) is 0.0769. The molecular weight excluding hydrogens is 364 g/mol. The topological polar surface area (TPSA) is 72.2 Å². The molecule has 20 heavy (non-hydrogen) atoms. The van der Waals surface area contributed by atoms with Gasteiger partial charge in [0, 0.05) is 16.4 Å². The van der Waals surface area contributed by atoms with Crippen molar-refractivity contribution < 1.29 is 8.42 Å². The number of halogens is 2. The lowest BCUT2D eigenvalue weighted by Gasteiger charge is -2.12. The van der Waals surface area contributed by atoms with Crippen molar-refractivity contribution in [2.24, 2.45) is 0 Å². The number of nitrogens with one attached hydrogen (secondary N) is 1. The largest absolute Gasteiger partial charge is 0.396 e. The van der Waals surface area contributed by atoms with Crippen molar-refractivity contribution in [1.29, 1.82) is 0 Å². The molecule has 4 nitrogen and oxygen atoms in total. The van der Waals surface area contributed by atoms with Crippen LogP contribution in [0.15, 0.2) is 45.8 Å². The molecule has 0 atom stereocenters. The molecule has 0 radical (unpaired) electrons. The first-order valence-corrected chi connectivity index (χ1v) is 8.66. The van der Waals surface area contributed by atoms with E-state index in [0.717, 1.165) is 16.4 Å². The second kappa shape index (κ2) is 5.63. The average molecular weight is 376 g/mol. The van der Waals surface area contributed by atoms with Crippen LogP contribution >= 0.6 is 27.5 Å². The molecule has 0 bridgehead atoms. The summed E-state index contributed by atoms with van der Waals surface area (Å²) in [6.45, 7) is 0. The Morgan fingerprint density at radius 3 is 2.55 bits per heavy atom. The Morgan fingerprint density at radius 2 is 1.95 bits per heavy atom. The Labute approximate surface area is 131 Å². The molecule has 0 aliphatic rings. The van der Waals surface area contributed by atoms with Crippen LogP contribution in [0.3, 0.4) is 0 Å². The number of sulfone groups is 1. The highest BCUT2D eigenvalue weighted by atomic mass is 79.9. The normalized spacial score (nSPS) is 11.3. The minimum Gasteiger partial charge on any atom is -0.396 e. The summed E-state index contributed by atoms with van der Waals surface area (Å²) < 4.78 is 24.0. The number of rotatable bonds is 3. The van der Waals surface area contributed by atoms with E-state index in [1.54, 1.807) is 30.3 Å². The fourth-order valence-corrected chi connectivity index (χ4v) is 3.04. The monoisotopic (exact) mass is 374 g/mol. The van der Waals surface area contributed by atoms with Gasteiger partial charge in [-0.2, -0.15) is 0 Å². The van der Waals surface area contributed by atoms with Crippen LogP contribution in [0.4, 0.5) is 17.1 Å². The van der Waals surface area contributed by atoms with Crippen LogP contribution in [0, 0.1) is 0 Å². The smallest absolute Gasteiger partial charge is 0.177 e. The molecule has 3 N–H and O–H groups in total. The van der Waals surface area contributed by atoms with E-state index in [1.165, 1.54) is 6.07 Å². The lowest BCUT2D eigenvalue weighted by Crippen LogP contribution is -2.05. The van der Waals surface area contributed by atoms with Gasteiger partial charge in [0.1, 0.15) is 0 Å². The van der Waals surface area contributed by atoms with Crippen molar-refractivity contribution in [2.45, 2.75) is 4.90 Å². The van der Waals surface area contributed by atoms with Gasteiger partial charge in [0.15, 0.2) is 9.84 Å². The minimum atomic E-state index is -3.36. The molecule has 0 aliphatic heterocycles. The number of hydrogen-bond donors (Lipinski definition) is 2. The van der Waals surface area contributed by atoms with E-state index < -0.39 is 9.84 Å². The third-order valence-electron chi connectivity index (χ3n) is 2.66. The van der Waals surface area contributed by atoms with Gasteiger partial charge in [0.2, 0.25) is 0 Å². The molecule has 0 unspecified atom stereocenters. The van der Waals surface area contributed by atoms with Gasteiger partial charge in [-0.25, -0.2) is 8.42 Å². The molecule has 0 fully saturated rings. The predicted octanol–water partition coefficient (Wildman–Crippen LogP) is 3.83. The molecule has 0 amide bonds. The van der Waals surface area contributed by atoms with E-state index in [-0.39, 0.29) is 10.6 Å². The molecule has 2 rings (SSSR count). The number of hydrogen-bond acceptors (Lipinski definition) is 4. The van der Waals surface area contributed by atoms with Crippen molar-refractivity contribution in [3.05, 3.63) is 45.9 Å². The lowest BCUT2D eigenvalue weighted by molar-refractivity contribution is 0.602. The van der Waals surface area contributed by atoms with Crippen molar-refractivity contribution in [1.82, 2.24) is 0 Å². The Hall–Kier alpha value is -1.24. The maximum absolute atomic E-state index is 11.6. The van der Waals surface area contributed by atoms with Crippen LogP contribution in [0.1, 0.15) is 0 Å². The molecule has 106 valence electrons. The van der Waals surface area contributed by atoms with Gasteiger partial charge >= 0.3 is 0 Å². The summed E-state index contributed by atoms with van der Waals surface area (Å²) in [5.41, 5.74) is 7.38. The van der Waals surface area contributed by atoms with Crippen molar-refractivity contribution in [3.8, 4) is 0 Å². The van der Waals surface area contributed by atoms with Gasteiger partial charge in [-0.1, -0.05) is 17.7 Å². The number of nitrogens with two attached hydrogens (primary N) is 1. The van der Waals surface area contributed by atoms with E-state index in [9.17, 15) is 8.42 Å². The maximum Gasteiger partial charge on any atom is 0.177 e. The fourth-order valence-electron chi connectivity index (χ4n) is 1.71. The quantitative estimate of drug-likeness (QED) is 0.800. The molecule has 0 spiro atoms. The zero-order valence-electron chi connectivity index (χ0n) is 10.5. The van der Waals surface area contributed by atoms with Gasteiger partial charge in [0.25, 0.3) is 0 Å². The molecule has 0 saturated carbocycles. The molecule has 0 saturated heterocycles. The summed E-state index contributed by atoms with van der Waals surface area (Å²) in [6.07, 6.45) is 1.13. The van der Waals surface area contributed by atoms with Gasteiger partial charge in [-0.05, 0) is 46.3 Å². The predicted molar refractivity (Wildman–Crippen MR) is 86.4 cm³/mol. The summed E-state index contributed by atoms with van der Waals surface area (Å²) >= 11 is 9.25. The number of nitrogen functional groups attached to an aromatic ring is 1. The van der Waals surface area contributed by atoms with Crippen molar-refractivity contribution in [2.75, 3.05) is 17.3 Å².